The molecule has 0 amide bonds. The molecule has 0 aliphatic carbocycles. The quantitative estimate of drug-likeness (QED) is 0.262. The normalized spacial score (nSPS) is 21.6. The van der Waals surface area contributed by atoms with Gasteiger partial charge in [0.25, 0.3) is 10.2 Å². The van der Waals surface area contributed by atoms with Crippen LogP contribution in [0.3, 0.4) is 0 Å². The van der Waals surface area contributed by atoms with Gasteiger partial charge in [-0.05, 0) is 19.1 Å². The number of benzene rings is 1. The highest BCUT2D eigenvalue weighted by molar-refractivity contribution is 7.87. The largest absolute Gasteiger partial charge is 0.492 e. The molecule has 7 N–H and O–H groups in total. The number of fused-ring (bicyclic) bond motifs is 1. The second-order valence-corrected chi connectivity index (χ2v) is 9.02. The molecule has 194 valence electrons. The Labute approximate surface area is 212 Å². The third-order valence-corrected chi connectivity index (χ3v) is 5.90. The van der Waals surface area contributed by atoms with E-state index in [9.17, 15) is 23.0 Å². The number of nitrogens with zero attached hydrogens (tertiary/aromatic N) is 3. The topological polar surface area (TPSA) is 188 Å². The summed E-state index contributed by atoms with van der Waals surface area (Å²) in [6, 6.07) is 4.36. The number of anilines is 1. The predicted molar refractivity (Wildman–Crippen MR) is 130 cm³/mol. The van der Waals surface area contributed by atoms with Gasteiger partial charge in [-0.15, -0.1) is 12.4 Å². The third-order valence-electron chi connectivity index (χ3n) is 5.33. The Kier molecular flexibility index (Phi) is 8.37. The molecule has 2 aromatic heterocycles. The number of aromatic nitrogens is 3. The minimum absolute atomic E-state index is 0. The van der Waals surface area contributed by atoms with Crippen molar-refractivity contribution in [3.8, 4) is 17.6 Å². The lowest BCUT2D eigenvalue weighted by atomic mass is 10.1. The van der Waals surface area contributed by atoms with Gasteiger partial charge in [-0.3, -0.25) is 0 Å². The molecular formula is C21H24ClFN6O6S. The highest BCUT2D eigenvalue weighted by Gasteiger charge is 2.44. The van der Waals surface area contributed by atoms with Gasteiger partial charge in [0.1, 0.15) is 53.2 Å². The zero-order valence-electron chi connectivity index (χ0n) is 18.8. The highest BCUT2D eigenvalue weighted by Crippen LogP contribution is 2.34. The van der Waals surface area contributed by atoms with E-state index in [-0.39, 0.29) is 41.7 Å². The van der Waals surface area contributed by atoms with E-state index in [1.165, 1.54) is 29.2 Å². The number of hydrogen-bond donors (Lipinski definition) is 5. The SMILES string of the molecule is CCOc1cccc(F)c1C#Cc1cn([C@@H]2OC(CNS(N)(=O)=O)[C@@H](O)C2O)c2ncnc(N)c12.Cl. The molecule has 0 bridgehead atoms. The van der Waals surface area contributed by atoms with Crippen molar-refractivity contribution in [3.05, 3.63) is 47.7 Å². The monoisotopic (exact) mass is 542 g/mol. The Bertz CT molecular complexity index is 1430. The maximum atomic E-state index is 14.4. The van der Waals surface area contributed by atoms with Gasteiger partial charge in [0, 0.05) is 12.7 Å². The molecule has 2 unspecified atom stereocenters. The van der Waals surface area contributed by atoms with Crippen LogP contribution in [0.4, 0.5) is 10.2 Å². The molecule has 1 aliphatic heterocycles. The molecule has 1 saturated heterocycles. The molecule has 3 aromatic rings. The number of ether oxygens (including phenoxy) is 2. The molecular weight excluding hydrogens is 519 g/mol. The zero-order chi connectivity index (χ0) is 25.3. The van der Waals surface area contributed by atoms with Gasteiger partial charge in [0.15, 0.2) is 6.23 Å². The molecule has 1 aliphatic rings. The molecule has 4 rings (SSSR count). The van der Waals surface area contributed by atoms with Crippen molar-refractivity contribution in [2.24, 2.45) is 5.14 Å². The van der Waals surface area contributed by atoms with E-state index < -0.39 is 40.6 Å². The molecule has 0 spiro atoms. The third kappa shape index (κ3) is 5.52. The maximum Gasteiger partial charge on any atom is 0.274 e. The molecule has 1 fully saturated rings. The minimum atomic E-state index is -4.04. The van der Waals surface area contributed by atoms with E-state index in [1.54, 1.807) is 13.0 Å². The lowest BCUT2D eigenvalue weighted by molar-refractivity contribution is -0.0327. The van der Waals surface area contributed by atoms with E-state index in [2.05, 4.69) is 21.8 Å². The smallest absolute Gasteiger partial charge is 0.274 e. The fraction of sp³-hybridized carbons (Fsp3) is 0.333. The Morgan fingerprint density at radius 3 is 2.72 bits per heavy atom. The molecule has 36 heavy (non-hydrogen) atoms. The molecule has 0 saturated carbocycles. The fourth-order valence-electron chi connectivity index (χ4n) is 3.75. The fourth-order valence-corrected chi connectivity index (χ4v) is 4.15. The summed E-state index contributed by atoms with van der Waals surface area (Å²) in [4.78, 5) is 8.17. The minimum Gasteiger partial charge on any atom is -0.492 e. The zero-order valence-corrected chi connectivity index (χ0v) is 20.5. The molecule has 15 heteroatoms. The van der Waals surface area contributed by atoms with Crippen molar-refractivity contribution in [1.82, 2.24) is 19.3 Å². The van der Waals surface area contributed by atoms with Crippen LogP contribution < -0.4 is 20.3 Å². The lowest BCUT2D eigenvalue weighted by Crippen LogP contribution is -2.42. The molecule has 4 atom stereocenters. The van der Waals surface area contributed by atoms with Crippen LogP contribution in [0.2, 0.25) is 0 Å². The highest BCUT2D eigenvalue weighted by atomic mass is 35.5. The summed E-state index contributed by atoms with van der Waals surface area (Å²) in [6.45, 7) is 1.71. The molecule has 3 heterocycles. The number of nitrogen functional groups attached to an aromatic ring is 1. The summed E-state index contributed by atoms with van der Waals surface area (Å²) in [5.74, 6) is 5.39. The lowest BCUT2D eigenvalue weighted by Gasteiger charge is -2.17. The summed E-state index contributed by atoms with van der Waals surface area (Å²) < 4.78 is 51.4. The number of rotatable bonds is 6. The number of hydrogen-bond acceptors (Lipinski definition) is 9. The first-order chi connectivity index (χ1) is 16.6. The first-order valence-corrected chi connectivity index (χ1v) is 12.0. The summed E-state index contributed by atoms with van der Waals surface area (Å²) in [7, 11) is -4.04. The van der Waals surface area contributed by atoms with Crippen LogP contribution in [0.15, 0.2) is 30.7 Å². The molecule has 12 nitrogen and oxygen atoms in total. The van der Waals surface area contributed by atoms with Crippen LogP contribution in [-0.2, 0) is 14.9 Å². The number of nitrogens with two attached hydrogens (primary N) is 2. The van der Waals surface area contributed by atoms with Crippen molar-refractivity contribution >= 4 is 39.5 Å². The van der Waals surface area contributed by atoms with E-state index in [0.29, 0.717) is 17.6 Å². The van der Waals surface area contributed by atoms with Crippen LogP contribution in [0, 0.1) is 17.7 Å². The van der Waals surface area contributed by atoms with Gasteiger partial charge in [0.05, 0.1) is 17.6 Å². The summed E-state index contributed by atoms with van der Waals surface area (Å²) in [6.07, 6.45) is -2.49. The number of nitrogens with one attached hydrogen (secondary N) is 1. The molecule has 1 aromatic carbocycles. The predicted octanol–water partition coefficient (Wildman–Crippen LogP) is -0.215. The summed E-state index contributed by atoms with van der Waals surface area (Å²) in [5, 5.41) is 26.2. The Morgan fingerprint density at radius 2 is 2.03 bits per heavy atom. The van der Waals surface area contributed by atoms with Crippen molar-refractivity contribution in [3.63, 3.8) is 0 Å². The van der Waals surface area contributed by atoms with E-state index >= 15 is 0 Å². The molecule has 0 radical (unpaired) electrons. The Balaban J connectivity index is 0.00000361. The van der Waals surface area contributed by atoms with Crippen LogP contribution in [0.1, 0.15) is 24.3 Å². The Hall–Kier alpha value is -3.03. The van der Waals surface area contributed by atoms with Crippen LogP contribution in [-0.4, -0.2) is 64.6 Å². The van der Waals surface area contributed by atoms with Gasteiger partial charge in [-0.1, -0.05) is 17.9 Å². The number of aliphatic hydroxyl groups excluding tert-OH is 2. The van der Waals surface area contributed by atoms with Gasteiger partial charge < -0.3 is 30.0 Å². The Morgan fingerprint density at radius 1 is 1.28 bits per heavy atom. The van der Waals surface area contributed by atoms with Crippen LogP contribution in [0.25, 0.3) is 11.0 Å². The average molecular weight is 543 g/mol. The average Bonchev–Trinajstić information content (AvgIpc) is 3.30. The van der Waals surface area contributed by atoms with E-state index in [0.717, 1.165) is 0 Å². The van der Waals surface area contributed by atoms with Crippen LogP contribution in [0.5, 0.6) is 5.75 Å². The van der Waals surface area contributed by atoms with Gasteiger partial charge in [-0.25, -0.2) is 19.5 Å². The van der Waals surface area contributed by atoms with Gasteiger partial charge >= 0.3 is 0 Å². The second-order valence-electron chi connectivity index (χ2n) is 7.64. The number of aliphatic hydroxyl groups is 2. The van der Waals surface area contributed by atoms with Crippen LogP contribution >= 0.6 is 12.4 Å². The van der Waals surface area contributed by atoms with Crippen molar-refractivity contribution in [1.29, 1.82) is 0 Å². The van der Waals surface area contributed by atoms with E-state index in [4.69, 9.17) is 20.3 Å². The maximum absolute atomic E-state index is 14.4. The van der Waals surface area contributed by atoms with E-state index in [1.807, 2.05) is 4.72 Å². The van der Waals surface area contributed by atoms with Crippen molar-refractivity contribution in [2.75, 3.05) is 18.9 Å². The summed E-state index contributed by atoms with van der Waals surface area (Å²) >= 11 is 0. The number of halogens is 2. The summed E-state index contributed by atoms with van der Waals surface area (Å²) in [5.41, 5.74) is 6.64. The van der Waals surface area contributed by atoms with Crippen molar-refractivity contribution < 1.29 is 32.5 Å². The standard InChI is InChI=1S/C21H23FN6O6S.ClH/c1-2-33-14-5-3-4-13(22)12(14)7-6-11-9-28(20-16(11)19(23)25-10-26-20)21-18(30)17(29)15(34-21)8-27-35(24,31)32;/h3-5,9-10,15,17-18,21,27,29-30H,2,8H2,1H3,(H2,23,25,26)(H2,24,31,32);1H/t15?,17-,18?,21-;/m1./s1. The van der Waals surface area contributed by atoms with Gasteiger partial charge in [0.2, 0.25) is 0 Å². The first kappa shape index (κ1) is 27.6. The van der Waals surface area contributed by atoms with Crippen molar-refractivity contribution in [2.45, 2.75) is 31.5 Å². The van der Waals surface area contributed by atoms with Gasteiger partial charge in [-0.2, -0.15) is 13.1 Å². The first-order valence-electron chi connectivity index (χ1n) is 10.4. The second kappa shape index (κ2) is 10.9.